The molecule has 0 aliphatic heterocycles. The molecule has 0 bridgehead atoms. The average Bonchev–Trinajstić information content (AvgIpc) is 2.87. The summed E-state index contributed by atoms with van der Waals surface area (Å²) in [5.41, 5.74) is 1.29. The van der Waals surface area contributed by atoms with E-state index < -0.39 is 0 Å². The number of rotatable bonds is 3. The van der Waals surface area contributed by atoms with Crippen molar-refractivity contribution in [2.24, 2.45) is 0 Å². The number of ether oxygens (including phenoxy) is 1. The van der Waals surface area contributed by atoms with Crippen LogP contribution >= 0.6 is 0 Å². The summed E-state index contributed by atoms with van der Waals surface area (Å²) in [6, 6.07) is 9.08. The Bertz CT molecular complexity index is 557. The van der Waals surface area contributed by atoms with Crippen LogP contribution in [0.5, 0.6) is 0 Å². The Hall–Kier alpha value is -2.19. The molecule has 86 valence electrons. The first-order valence-electron chi connectivity index (χ1n) is 5.11. The Morgan fingerprint density at radius 3 is 3.00 bits per heavy atom. The van der Waals surface area contributed by atoms with Gasteiger partial charge in [0.15, 0.2) is 0 Å². The van der Waals surface area contributed by atoms with Gasteiger partial charge in [-0.2, -0.15) is 10.2 Å². The second-order valence-electron chi connectivity index (χ2n) is 3.53. The summed E-state index contributed by atoms with van der Waals surface area (Å²) < 4.78 is 10.2. The van der Waals surface area contributed by atoms with Gasteiger partial charge in [0.05, 0.1) is 11.6 Å². The van der Waals surface area contributed by atoms with Crippen LogP contribution in [0, 0.1) is 11.3 Å². The highest BCUT2D eigenvalue weighted by molar-refractivity contribution is 5.55. The fraction of sp³-hybridized carbons (Fsp3) is 0.250. The van der Waals surface area contributed by atoms with Gasteiger partial charge in [0.1, 0.15) is 6.10 Å². The molecule has 0 amide bonds. The highest BCUT2D eigenvalue weighted by Crippen LogP contribution is 2.21. The number of nitriles is 1. The zero-order valence-corrected chi connectivity index (χ0v) is 9.54. The molecule has 0 saturated carbocycles. The highest BCUT2D eigenvalue weighted by atomic mass is 16.5. The standard InChI is InChI=1S/C12H11N3O2/c1-8(16-2)11-14-12(17-15-11)10-5-3-4-9(6-10)7-13/h3-6,8H,1-2H3/t8-/m0/s1. The van der Waals surface area contributed by atoms with Gasteiger partial charge in [-0.15, -0.1) is 0 Å². The Labute approximate surface area is 98.6 Å². The van der Waals surface area contributed by atoms with E-state index in [1.807, 2.05) is 13.0 Å². The van der Waals surface area contributed by atoms with Crippen LogP contribution in [-0.4, -0.2) is 17.3 Å². The molecule has 5 nitrogen and oxygen atoms in total. The fourth-order valence-electron chi connectivity index (χ4n) is 1.34. The summed E-state index contributed by atoms with van der Waals surface area (Å²) >= 11 is 0. The van der Waals surface area contributed by atoms with Gasteiger partial charge in [-0.05, 0) is 25.1 Å². The second-order valence-corrected chi connectivity index (χ2v) is 3.53. The van der Waals surface area contributed by atoms with Crippen LogP contribution in [0.3, 0.4) is 0 Å². The molecule has 0 N–H and O–H groups in total. The van der Waals surface area contributed by atoms with E-state index in [4.69, 9.17) is 14.5 Å². The van der Waals surface area contributed by atoms with Crippen LogP contribution in [0.2, 0.25) is 0 Å². The van der Waals surface area contributed by atoms with E-state index in [1.54, 1.807) is 25.3 Å². The van der Waals surface area contributed by atoms with Crippen LogP contribution in [0.25, 0.3) is 11.5 Å². The van der Waals surface area contributed by atoms with Gasteiger partial charge >= 0.3 is 0 Å². The Morgan fingerprint density at radius 1 is 1.47 bits per heavy atom. The number of benzene rings is 1. The van der Waals surface area contributed by atoms with Crippen molar-refractivity contribution in [3.63, 3.8) is 0 Å². The van der Waals surface area contributed by atoms with Crippen LogP contribution in [0.4, 0.5) is 0 Å². The predicted octanol–water partition coefficient (Wildman–Crippen LogP) is 2.32. The minimum atomic E-state index is -0.216. The maximum Gasteiger partial charge on any atom is 0.258 e. The number of aromatic nitrogens is 2. The van der Waals surface area contributed by atoms with E-state index in [-0.39, 0.29) is 6.10 Å². The molecule has 1 atom stereocenters. The first-order valence-corrected chi connectivity index (χ1v) is 5.11. The molecule has 0 saturated heterocycles. The smallest absolute Gasteiger partial charge is 0.258 e. The van der Waals surface area contributed by atoms with Crippen molar-refractivity contribution in [2.75, 3.05) is 7.11 Å². The monoisotopic (exact) mass is 229 g/mol. The lowest BCUT2D eigenvalue weighted by Crippen LogP contribution is -1.97. The maximum absolute atomic E-state index is 8.80. The van der Waals surface area contributed by atoms with Crippen molar-refractivity contribution in [1.29, 1.82) is 5.26 Å². The zero-order valence-electron chi connectivity index (χ0n) is 9.54. The van der Waals surface area contributed by atoms with Crippen molar-refractivity contribution in [3.05, 3.63) is 35.7 Å². The molecule has 1 aromatic carbocycles. The summed E-state index contributed by atoms with van der Waals surface area (Å²) in [6.07, 6.45) is -0.216. The van der Waals surface area contributed by atoms with E-state index in [2.05, 4.69) is 16.2 Å². The van der Waals surface area contributed by atoms with Crippen LogP contribution in [0.15, 0.2) is 28.8 Å². The lowest BCUT2D eigenvalue weighted by molar-refractivity contribution is 0.109. The van der Waals surface area contributed by atoms with Gasteiger partial charge in [-0.3, -0.25) is 0 Å². The molecule has 0 radical (unpaired) electrons. The second kappa shape index (κ2) is 4.76. The third kappa shape index (κ3) is 2.32. The molecular formula is C12H11N3O2. The Kier molecular flexibility index (Phi) is 3.17. The van der Waals surface area contributed by atoms with E-state index in [0.29, 0.717) is 17.3 Å². The Balaban J connectivity index is 2.34. The summed E-state index contributed by atoms with van der Waals surface area (Å²) in [6.45, 7) is 1.83. The topological polar surface area (TPSA) is 71.9 Å². The molecule has 5 heteroatoms. The molecule has 2 rings (SSSR count). The lowest BCUT2D eigenvalue weighted by Gasteiger charge is -2.00. The van der Waals surface area contributed by atoms with Crippen LogP contribution < -0.4 is 0 Å². The van der Waals surface area contributed by atoms with Crippen molar-refractivity contribution < 1.29 is 9.26 Å². The molecule has 0 unspecified atom stereocenters. The molecular weight excluding hydrogens is 218 g/mol. The average molecular weight is 229 g/mol. The number of hydrogen-bond acceptors (Lipinski definition) is 5. The molecule has 0 aliphatic rings. The van der Waals surface area contributed by atoms with Gasteiger partial charge in [0.25, 0.3) is 5.89 Å². The maximum atomic E-state index is 8.80. The summed E-state index contributed by atoms with van der Waals surface area (Å²) in [7, 11) is 1.58. The van der Waals surface area contributed by atoms with E-state index >= 15 is 0 Å². The minimum absolute atomic E-state index is 0.216. The van der Waals surface area contributed by atoms with Gasteiger partial charge in [-0.1, -0.05) is 11.2 Å². The lowest BCUT2D eigenvalue weighted by atomic mass is 10.1. The van der Waals surface area contributed by atoms with Crippen molar-refractivity contribution in [1.82, 2.24) is 10.1 Å². The van der Waals surface area contributed by atoms with E-state index in [1.165, 1.54) is 0 Å². The molecule has 17 heavy (non-hydrogen) atoms. The van der Waals surface area contributed by atoms with E-state index in [9.17, 15) is 0 Å². The quantitative estimate of drug-likeness (QED) is 0.807. The number of nitrogens with zero attached hydrogens (tertiary/aromatic N) is 3. The van der Waals surface area contributed by atoms with Crippen molar-refractivity contribution in [2.45, 2.75) is 13.0 Å². The van der Waals surface area contributed by atoms with Crippen LogP contribution in [-0.2, 0) is 4.74 Å². The largest absolute Gasteiger partial charge is 0.374 e. The highest BCUT2D eigenvalue weighted by Gasteiger charge is 2.14. The molecule has 0 aliphatic carbocycles. The molecule has 1 aromatic heterocycles. The van der Waals surface area contributed by atoms with Gasteiger partial charge in [0.2, 0.25) is 5.82 Å². The van der Waals surface area contributed by atoms with Gasteiger partial charge < -0.3 is 9.26 Å². The number of hydrogen-bond donors (Lipinski definition) is 0. The van der Waals surface area contributed by atoms with Gasteiger partial charge in [0, 0.05) is 12.7 Å². The number of methoxy groups -OCH3 is 1. The first kappa shape index (κ1) is 11.3. The normalized spacial score (nSPS) is 12.1. The first-order chi connectivity index (χ1) is 8.24. The summed E-state index contributed by atoms with van der Waals surface area (Å²) in [5.74, 6) is 0.880. The van der Waals surface area contributed by atoms with E-state index in [0.717, 1.165) is 5.56 Å². The molecule has 1 heterocycles. The molecule has 0 fully saturated rings. The van der Waals surface area contributed by atoms with Crippen molar-refractivity contribution in [3.8, 4) is 17.5 Å². The zero-order chi connectivity index (χ0) is 12.3. The SMILES string of the molecule is CO[C@@H](C)c1noc(-c2cccc(C#N)c2)n1. The third-order valence-corrected chi connectivity index (χ3v) is 2.40. The molecule has 0 spiro atoms. The van der Waals surface area contributed by atoms with Crippen molar-refractivity contribution >= 4 is 0 Å². The summed E-state index contributed by atoms with van der Waals surface area (Å²) in [5, 5.41) is 12.6. The predicted molar refractivity (Wildman–Crippen MR) is 59.9 cm³/mol. The minimum Gasteiger partial charge on any atom is -0.374 e. The summed E-state index contributed by atoms with van der Waals surface area (Å²) in [4.78, 5) is 4.21. The Morgan fingerprint density at radius 2 is 2.29 bits per heavy atom. The fourth-order valence-corrected chi connectivity index (χ4v) is 1.34. The van der Waals surface area contributed by atoms with Gasteiger partial charge in [-0.25, -0.2) is 0 Å². The third-order valence-electron chi connectivity index (χ3n) is 2.40. The molecule has 2 aromatic rings. The van der Waals surface area contributed by atoms with Crippen LogP contribution in [0.1, 0.15) is 24.4 Å².